The first-order valence-corrected chi connectivity index (χ1v) is 8.54. The van der Waals surface area contributed by atoms with E-state index in [0.29, 0.717) is 0 Å². The van der Waals surface area contributed by atoms with Crippen molar-refractivity contribution in [3.63, 3.8) is 0 Å². The van der Waals surface area contributed by atoms with E-state index in [4.69, 9.17) is 10.5 Å². The molecule has 0 aliphatic carbocycles. The molecule has 3 rings (SSSR count). The zero-order valence-electron chi connectivity index (χ0n) is 14.3. The predicted molar refractivity (Wildman–Crippen MR) is 95.7 cm³/mol. The minimum Gasteiger partial charge on any atom is -0.445 e. The Hall–Kier alpha value is -2.37. The highest BCUT2D eigenvalue weighted by atomic mass is 16.6. The van der Waals surface area contributed by atoms with Gasteiger partial charge in [0.1, 0.15) is 6.61 Å². The van der Waals surface area contributed by atoms with E-state index in [2.05, 4.69) is 0 Å². The lowest BCUT2D eigenvalue weighted by Crippen LogP contribution is -2.38. The Morgan fingerprint density at radius 3 is 2.32 bits per heavy atom. The monoisotopic (exact) mass is 340 g/mol. The van der Waals surface area contributed by atoms with E-state index in [1.165, 1.54) is 0 Å². The van der Waals surface area contributed by atoms with E-state index in [9.17, 15) is 9.90 Å². The highest BCUT2D eigenvalue weighted by Gasteiger charge is 2.48. The number of nitrogens with zero attached hydrogens (tertiary/aromatic N) is 1. The molecule has 5 heteroatoms. The van der Waals surface area contributed by atoms with Gasteiger partial charge < -0.3 is 15.6 Å². The molecular formula is C20H24N2O3. The fraction of sp³-hybridized carbons (Fsp3) is 0.350. The van der Waals surface area contributed by atoms with Gasteiger partial charge in [-0.25, -0.2) is 4.79 Å². The van der Waals surface area contributed by atoms with Gasteiger partial charge in [-0.3, -0.25) is 4.90 Å². The van der Waals surface area contributed by atoms with Gasteiger partial charge in [-0.2, -0.15) is 0 Å². The molecule has 0 aromatic heterocycles. The molecule has 0 saturated carbocycles. The van der Waals surface area contributed by atoms with Crippen LogP contribution in [0.3, 0.4) is 0 Å². The number of aliphatic hydroxyl groups excluding tert-OH is 1. The van der Waals surface area contributed by atoms with E-state index in [1.807, 2.05) is 67.6 Å². The SMILES string of the molecule is CC1C(CO)C(N)C(c2ccccc2)N1C(=O)OCc1ccccc1. The molecule has 0 spiro atoms. The van der Waals surface area contributed by atoms with Crippen molar-refractivity contribution in [3.8, 4) is 0 Å². The third-order valence-corrected chi connectivity index (χ3v) is 4.98. The quantitative estimate of drug-likeness (QED) is 0.897. The summed E-state index contributed by atoms with van der Waals surface area (Å²) in [5.41, 5.74) is 8.27. The highest BCUT2D eigenvalue weighted by molar-refractivity contribution is 5.70. The van der Waals surface area contributed by atoms with Crippen molar-refractivity contribution in [1.29, 1.82) is 0 Å². The maximum absolute atomic E-state index is 12.8. The van der Waals surface area contributed by atoms with Crippen LogP contribution in [-0.4, -0.2) is 34.8 Å². The zero-order chi connectivity index (χ0) is 17.8. The number of hydrogen-bond donors (Lipinski definition) is 2. The van der Waals surface area contributed by atoms with Gasteiger partial charge >= 0.3 is 6.09 Å². The van der Waals surface area contributed by atoms with Crippen LogP contribution in [0.15, 0.2) is 60.7 Å². The summed E-state index contributed by atoms with van der Waals surface area (Å²) >= 11 is 0. The fourth-order valence-corrected chi connectivity index (χ4v) is 3.58. The second-order valence-electron chi connectivity index (χ2n) is 6.47. The summed E-state index contributed by atoms with van der Waals surface area (Å²) < 4.78 is 5.53. The molecule has 2 aromatic rings. The average Bonchev–Trinajstić information content (AvgIpc) is 2.91. The molecule has 4 atom stereocenters. The van der Waals surface area contributed by atoms with Crippen molar-refractivity contribution >= 4 is 6.09 Å². The molecule has 0 radical (unpaired) electrons. The summed E-state index contributed by atoms with van der Waals surface area (Å²) in [6.45, 7) is 2.06. The molecule has 1 amide bonds. The van der Waals surface area contributed by atoms with Crippen molar-refractivity contribution in [2.45, 2.75) is 31.7 Å². The first kappa shape index (κ1) is 17.5. The molecule has 1 aliphatic heterocycles. The van der Waals surface area contributed by atoms with Crippen LogP contribution in [0.4, 0.5) is 4.79 Å². The Labute approximate surface area is 148 Å². The number of hydrogen-bond acceptors (Lipinski definition) is 4. The van der Waals surface area contributed by atoms with Gasteiger partial charge in [0.05, 0.1) is 6.04 Å². The maximum Gasteiger partial charge on any atom is 0.410 e. The summed E-state index contributed by atoms with van der Waals surface area (Å²) in [4.78, 5) is 14.5. The second-order valence-corrected chi connectivity index (χ2v) is 6.47. The lowest BCUT2D eigenvalue weighted by atomic mass is 9.93. The molecule has 132 valence electrons. The van der Waals surface area contributed by atoms with E-state index < -0.39 is 6.09 Å². The minimum absolute atomic E-state index is 0.0614. The van der Waals surface area contributed by atoms with Gasteiger partial charge in [-0.1, -0.05) is 60.7 Å². The molecule has 25 heavy (non-hydrogen) atoms. The molecule has 3 N–H and O–H groups in total. The van der Waals surface area contributed by atoms with E-state index in [1.54, 1.807) is 4.90 Å². The Bertz CT molecular complexity index is 693. The first-order chi connectivity index (χ1) is 12.1. The maximum atomic E-state index is 12.8. The summed E-state index contributed by atoms with van der Waals surface area (Å²) in [7, 11) is 0. The van der Waals surface area contributed by atoms with Gasteiger partial charge in [-0.15, -0.1) is 0 Å². The van der Waals surface area contributed by atoms with E-state index >= 15 is 0 Å². The van der Waals surface area contributed by atoms with Crippen LogP contribution in [0.5, 0.6) is 0 Å². The lowest BCUT2D eigenvalue weighted by Gasteiger charge is -2.29. The molecule has 1 aliphatic rings. The largest absolute Gasteiger partial charge is 0.445 e. The Balaban J connectivity index is 1.81. The topological polar surface area (TPSA) is 75.8 Å². The number of rotatable bonds is 4. The predicted octanol–water partition coefficient (Wildman–Crippen LogP) is 2.70. The van der Waals surface area contributed by atoms with Crippen molar-refractivity contribution in [1.82, 2.24) is 4.90 Å². The van der Waals surface area contributed by atoms with Crippen LogP contribution in [0.1, 0.15) is 24.1 Å². The molecule has 4 unspecified atom stereocenters. The first-order valence-electron chi connectivity index (χ1n) is 8.54. The van der Waals surface area contributed by atoms with Crippen LogP contribution in [0, 0.1) is 5.92 Å². The fourth-order valence-electron chi connectivity index (χ4n) is 3.58. The number of carbonyl (C=O) groups is 1. The molecule has 1 heterocycles. The van der Waals surface area contributed by atoms with Gasteiger partial charge in [0.2, 0.25) is 0 Å². The van der Waals surface area contributed by atoms with Gasteiger partial charge in [0.25, 0.3) is 0 Å². The molecule has 2 aromatic carbocycles. The molecule has 5 nitrogen and oxygen atoms in total. The minimum atomic E-state index is -0.406. The third-order valence-electron chi connectivity index (χ3n) is 4.98. The van der Waals surface area contributed by atoms with Crippen LogP contribution in [-0.2, 0) is 11.3 Å². The van der Waals surface area contributed by atoms with Gasteiger partial charge in [-0.05, 0) is 18.1 Å². The number of ether oxygens (including phenoxy) is 1. The number of nitrogens with two attached hydrogens (primary N) is 1. The number of aliphatic hydroxyl groups is 1. The zero-order valence-corrected chi connectivity index (χ0v) is 14.3. The van der Waals surface area contributed by atoms with Crippen molar-refractivity contribution in [2.24, 2.45) is 11.7 Å². The summed E-state index contributed by atoms with van der Waals surface area (Å²) in [5, 5.41) is 9.72. The molecular weight excluding hydrogens is 316 g/mol. The Morgan fingerprint density at radius 2 is 1.72 bits per heavy atom. The molecule has 1 fully saturated rings. The molecule has 1 saturated heterocycles. The smallest absolute Gasteiger partial charge is 0.410 e. The number of carbonyl (C=O) groups excluding carboxylic acids is 1. The average molecular weight is 340 g/mol. The van der Waals surface area contributed by atoms with Gasteiger partial charge in [0.15, 0.2) is 0 Å². The Kier molecular flexibility index (Phi) is 5.36. The summed E-state index contributed by atoms with van der Waals surface area (Å²) in [5.74, 6) is -0.186. The van der Waals surface area contributed by atoms with Crippen LogP contribution < -0.4 is 5.73 Å². The number of benzene rings is 2. The van der Waals surface area contributed by atoms with Crippen molar-refractivity contribution in [2.75, 3.05) is 6.61 Å². The third kappa shape index (κ3) is 3.52. The Morgan fingerprint density at radius 1 is 1.12 bits per heavy atom. The van der Waals surface area contributed by atoms with Crippen LogP contribution in [0.25, 0.3) is 0 Å². The second kappa shape index (κ2) is 7.68. The van der Waals surface area contributed by atoms with Crippen molar-refractivity contribution < 1.29 is 14.6 Å². The standard InChI is InChI=1S/C20H24N2O3/c1-14-17(12-23)18(21)19(16-10-6-3-7-11-16)22(14)20(24)25-13-15-8-4-2-5-9-15/h2-11,14,17-19,23H,12-13,21H2,1H3. The van der Waals surface area contributed by atoms with E-state index in [0.717, 1.165) is 11.1 Å². The van der Waals surface area contributed by atoms with Gasteiger partial charge in [0, 0.05) is 24.6 Å². The highest BCUT2D eigenvalue weighted by Crippen LogP contribution is 2.39. The van der Waals surface area contributed by atoms with E-state index in [-0.39, 0.29) is 37.3 Å². The number of likely N-dealkylation sites (tertiary alicyclic amines) is 1. The lowest BCUT2D eigenvalue weighted by molar-refractivity contribution is 0.0750. The molecule has 0 bridgehead atoms. The normalized spacial score (nSPS) is 25.8. The summed E-state index contributed by atoms with van der Waals surface area (Å²) in [6.07, 6.45) is -0.406. The van der Waals surface area contributed by atoms with Crippen molar-refractivity contribution in [3.05, 3.63) is 71.8 Å². The van der Waals surface area contributed by atoms with Crippen LogP contribution in [0.2, 0.25) is 0 Å². The summed E-state index contributed by atoms with van der Waals surface area (Å²) in [6, 6.07) is 18.4. The number of amides is 1. The van der Waals surface area contributed by atoms with Crippen LogP contribution >= 0.6 is 0 Å².